The fraction of sp³-hybridized carbons (Fsp3) is 0.647. The van der Waals surface area contributed by atoms with Gasteiger partial charge in [0.15, 0.2) is 0 Å². The van der Waals surface area contributed by atoms with Gasteiger partial charge in [0.05, 0.1) is 10.7 Å². The molecule has 2 N–H and O–H groups in total. The summed E-state index contributed by atoms with van der Waals surface area (Å²) in [6, 6.07) is 7.24. The van der Waals surface area contributed by atoms with Crippen LogP contribution < -0.4 is 10.6 Å². The number of hydrogen-bond acceptors (Lipinski definition) is 2. The Balaban J connectivity index is 1.87. The molecule has 20 heavy (non-hydrogen) atoms. The third-order valence-electron chi connectivity index (χ3n) is 4.50. The van der Waals surface area contributed by atoms with Crippen LogP contribution in [0.15, 0.2) is 18.2 Å². The van der Waals surface area contributed by atoms with Crippen molar-refractivity contribution in [2.45, 2.75) is 57.5 Å². The predicted molar refractivity (Wildman–Crippen MR) is 86.5 cm³/mol. The van der Waals surface area contributed by atoms with Crippen LogP contribution in [-0.4, -0.2) is 18.6 Å². The number of rotatable bonds is 7. The van der Waals surface area contributed by atoms with Crippen molar-refractivity contribution >= 4 is 17.3 Å². The Morgan fingerprint density at radius 1 is 1.30 bits per heavy atom. The van der Waals surface area contributed by atoms with Crippen LogP contribution in [0.3, 0.4) is 0 Å². The average molecular weight is 293 g/mol. The standard InChI is InChI=1S/C17H25ClN2/c1-2-14(19)10-13-4-3-5-16(18)17(13)20(15-8-9-15)11-12-6-7-12/h3-5,12,14-15H,2,6-11,19H2,1H3. The van der Waals surface area contributed by atoms with Crippen molar-refractivity contribution in [3.8, 4) is 0 Å². The number of anilines is 1. The summed E-state index contributed by atoms with van der Waals surface area (Å²) in [5.74, 6) is 0.888. The van der Waals surface area contributed by atoms with Gasteiger partial charge in [-0.3, -0.25) is 0 Å². The van der Waals surface area contributed by atoms with Crippen LogP contribution in [0.1, 0.15) is 44.6 Å². The number of nitrogens with zero attached hydrogens (tertiary/aromatic N) is 1. The molecule has 0 aromatic heterocycles. The minimum absolute atomic E-state index is 0.231. The average Bonchev–Trinajstić information content (AvgIpc) is 3.29. The maximum absolute atomic E-state index is 6.54. The molecule has 110 valence electrons. The van der Waals surface area contributed by atoms with Gasteiger partial charge in [-0.15, -0.1) is 0 Å². The highest BCUT2D eigenvalue weighted by Crippen LogP contribution is 2.42. The molecule has 1 aromatic rings. The van der Waals surface area contributed by atoms with Gasteiger partial charge in [0.1, 0.15) is 0 Å². The number of benzene rings is 1. The Labute approximate surface area is 127 Å². The third kappa shape index (κ3) is 3.29. The zero-order valence-corrected chi connectivity index (χ0v) is 13.1. The van der Waals surface area contributed by atoms with Crippen LogP contribution >= 0.6 is 11.6 Å². The molecule has 0 bridgehead atoms. The Bertz CT molecular complexity index is 466. The quantitative estimate of drug-likeness (QED) is 0.823. The third-order valence-corrected chi connectivity index (χ3v) is 4.81. The van der Waals surface area contributed by atoms with E-state index in [1.165, 1.54) is 43.5 Å². The lowest BCUT2D eigenvalue weighted by molar-refractivity contribution is 0.641. The van der Waals surface area contributed by atoms with Gasteiger partial charge in [0, 0.05) is 18.6 Å². The van der Waals surface area contributed by atoms with Crippen molar-refractivity contribution in [3.05, 3.63) is 28.8 Å². The Hall–Kier alpha value is -0.730. The Morgan fingerprint density at radius 2 is 2.05 bits per heavy atom. The molecule has 0 spiro atoms. The van der Waals surface area contributed by atoms with E-state index in [-0.39, 0.29) is 6.04 Å². The molecule has 1 unspecified atom stereocenters. The molecule has 1 aromatic carbocycles. The zero-order valence-electron chi connectivity index (χ0n) is 12.3. The SMILES string of the molecule is CCC(N)Cc1cccc(Cl)c1N(CC1CC1)C1CC1. The first-order chi connectivity index (χ1) is 9.69. The summed E-state index contributed by atoms with van der Waals surface area (Å²) in [5.41, 5.74) is 8.77. The first-order valence-electron chi connectivity index (χ1n) is 7.98. The Kier molecular flexibility index (Phi) is 4.23. The van der Waals surface area contributed by atoms with Crippen molar-refractivity contribution < 1.29 is 0 Å². The lowest BCUT2D eigenvalue weighted by Gasteiger charge is -2.29. The maximum Gasteiger partial charge on any atom is 0.0642 e. The fourth-order valence-corrected chi connectivity index (χ4v) is 3.16. The van der Waals surface area contributed by atoms with Gasteiger partial charge in [0.25, 0.3) is 0 Å². The van der Waals surface area contributed by atoms with Crippen LogP contribution in [0.5, 0.6) is 0 Å². The minimum Gasteiger partial charge on any atom is -0.367 e. The van der Waals surface area contributed by atoms with Crippen molar-refractivity contribution in [2.24, 2.45) is 11.7 Å². The van der Waals surface area contributed by atoms with Crippen LogP contribution in [0.2, 0.25) is 5.02 Å². The van der Waals surface area contributed by atoms with E-state index in [1.54, 1.807) is 0 Å². The number of halogens is 1. The fourth-order valence-electron chi connectivity index (χ4n) is 2.86. The monoisotopic (exact) mass is 292 g/mol. The lowest BCUT2D eigenvalue weighted by atomic mass is 10.0. The van der Waals surface area contributed by atoms with Crippen molar-refractivity contribution in [1.82, 2.24) is 0 Å². The number of nitrogens with two attached hydrogens (primary N) is 1. The molecule has 2 saturated carbocycles. The van der Waals surface area contributed by atoms with Gasteiger partial charge in [-0.05, 0) is 56.1 Å². The van der Waals surface area contributed by atoms with E-state index in [0.717, 1.165) is 23.8 Å². The molecule has 2 aliphatic carbocycles. The summed E-state index contributed by atoms with van der Waals surface area (Å²) in [5, 5.41) is 0.901. The Morgan fingerprint density at radius 3 is 2.65 bits per heavy atom. The van der Waals surface area contributed by atoms with E-state index in [4.69, 9.17) is 17.3 Å². The van der Waals surface area contributed by atoms with Gasteiger partial charge in [-0.2, -0.15) is 0 Å². The van der Waals surface area contributed by atoms with E-state index in [2.05, 4.69) is 24.0 Å². The lowest BCUT2D eigenvalue weighted by Crippen LogP contribution is -2.30. The molecule has 0 radical (unpaired) electrons. The van der Waals surface area contributed by atoms with E-state index < -0.39 is 0 Å². The largest absolute Gasteiger partial charge is 0.367 e. The zero-order chi connectivity index (χ0) is 14.1. The van der Waals surface area contributed by atoms with Crippen molar-refractivity contribution in [2.75, 3.05) is 11.4 Å². The summed E-state index contributed by atoms with van der Waals surface area (Å²) in [4.78, 5) is 2.58. The summed E-state index contributed by atoms with van der Waals surface area (Å²) in [6.07, 6.45) is 7.35. The smallest absolute Gasteiger partial charge is 0.0642 e. The molecule has 3 heteroatoms. The van der Waals surface area contributed by atoms with Crippen LogP contribution in [-0.2, 0) is 6.42 Å². The molecule has 1 atom stereocenters. The highest BCUT2D eigenvalue weighted by molar-refractivity contribution is 6.33. The first-order valence-corrected chi connectivity index (χ1v) is 8.36. The molecular formula is C17H25ClN2. The van der Waals surface area contributed by atoms with E-state index in [0.29, 0.717) is 6.04 Å². The molecule has 2 nitrogen and oxygen atoms in total. The summed E-state index contributed by atoms with van der Waals surface area (Å²) >= 11 is 6.54. The second-order valence-electron chi connectivity index (χ2n) is 6.45. The van der Waals surface area contributed by atoms with E-state index >= 15 is 0 Å². The van der Waals surface area contributed by atoms with E-state index in [1.807, 2.05) is 6.07 Å². The normalized spacial score (nSPS) is 19.9. The van der Waals surface area contributed by atoms with Gasteiger partial charge >= 0.3 is 0 Å². The van der Waals surface area contributed by atoms with Gasteiger partial charge in [0.2, 0.25) is 0 Å². The second-order valence-corrected chi connectivity index (χ2v) is 6.85. The van der Waals surface area contributed by atoms with Gasteiger partial charge < -0.3 is 10.6 Å². The molecule has 2 aliphatic rings. The van der Waals surface area contributed by atoms with Crippen LogP contribution in [0, 0.1) is 5.92 Å². The maximum atomic E-state index is 6.54. The molecule has 3 rings (SSSR count). The van der Waals surface area contributed by atoms with Gasteiger partial charge in [-0.25, -0.2) is 0 Å². The first kappa shape index (κ1) is 14.2. The van der Waals surface area contributed by atoms with Crippen molar-refractivity contribution in [3.63, 3.8) is 0 Å². The molecular weight excluding hydrogens is 268 g/mol. The molecule has 2 fully saturated rings. The molecule has 0 heterocycles. The second kappa shape index (κ2) is 5.95. The van der Waals surface area contributed by atoms with Gasteiger partial charge in [-0.1, -0.05) is 30.7 Å². The van der Waals surface area contributed by atoms with Crippen molar-refractivity contribution in [1.29, 1.82) is 0 Å². The molecule has 0 aliphatic heterocycles. The summed E-state index contributed by atoms with van der Waals surface area (Å²) in [7, 11) is 0. The summed E-state index contributed by atoms with van der Waals surface area (Å²) in [6.45, 7) is 3.33. The highest BCUT2D eigenvalue weighted by atomic mass is 35.5. The predicted octanol–water partition coefficient (Wildman–Crippen LogP) is 4.00. The van der Waals surface area contributed by atoms with E-state index in [9.17, 15) is 0 Å². The highest BCUT2D eigenvalue weighted by Gasteiger charge is 2.35. The number of para-hydroxylation sites is 1. The topological polar surface area (TPSA) is 29.3 Å². The minimum atomic E-state index is 0.231. The number of hydrogen-bond donors (Lipinski definition) is 1. The summed E-state index contributed by atoms with van der Waals surface area (Å²) < 4.78 is 0. The molecule has 0 saturated heterocycles. The molecule has 0 amide bonds. The van der Waals surface area contributed by atoms with Crippen LogP contribution in [0.4, 0.5) is 5.69 Å². The van der Waals surface area contributed by atoms with Crippen LogP contribution in [0.25, 0.3) is 0 Å².